The summed E-state index contributed by atoms with van der Waals surface area (Å²) in [7, 11) is 3.68. The smallest absolute Gasteiger partial charge is 0.265 e. The molecule has 1 fully saturated rings. The molecule has 8 heteroatoms. The molecule has 0 atom stereocenters. The van der Waals surface area contributed by atoms with Crippen LogP contribution in [-0.4, -0.2) is 47.8 Å². The van der Waals surface area contributed by atoms with Crippen LogP contribution >= 0.6 is 0 Å². The van der Waals surface area contributed by atoms with Crippen LogP contribution in [0.3, 0.4) is 0 Å². The van der Waals surface area contributed by atoms with Crippen LogP contribution in [0.5, 0.6) is 5.88 Å². The first-order chi connectivity index (χ1) is 12.6. The van der Waals surface area contributed by atoms with Crippen molar-refractivity contribution in [1.82, 2.24) is 20.4 Å². The van der Waals surface area contributed by atoms with E-state index >= 15 is 0 Å². The third-order valence-electron chi connectivity index (χ3n) is 4.32. The topological polar surface area (TPSA) is 93.4 Å². The molecule has 1 N–H and O–H groups in total. The quantitative estimate of drug-likeness (QED) is 0.810. The van der Waals surface area contributed by atoms with Crippen molar-refractivity contribution in [3.8, 4) is 5.88 Å². The van der Waals surface area contributed by atoms with E-state index in [1.807, 2.05) is 14.1 Å². The lowest BCUT2D eigenvalue weighted by Crippen LogP contribution is -2.26. The minimum Gasteiger partial charge on any atom is -0.474 e. The first-order valence-electron chi connectivity index (χ1n) is 9.02. The summed E-state index contributed by atoms with van der Waals surface area (Å²) in [6, 6.07) is 3.38. The molecule has 0 saturated heterocycles. The molecule has 0 aliphatic heterocycles. The normalized spacial score (nSPS) is 14.8. The second kappa shape index (κ2) is 8.64. The van der Waals surface area contributed by atoms with Crippen molar-refractivity contribution in [3.05, 3.63) is 29.8 Å². The van der Waals surface area contributed by atoms with Gasteiger partial charge in [-0.2, -0.15) is 4.98 Å². The average Bonchev–Trinajstić information content (AvgIpc) is 3.12. The van der Waals surface area contributed by atoms with Crippen molar-refractivity contribution in [2.45, 2.75) is 44.6 Å². The highest BCUT2D eigenvalue weighted by Crippen LogP contribution is 2.22. The Hall–Kier alpha value is -2.64. The highest BCUT2D eigenvalue weighted by molar-refractivity contribution is 5.94. The predicted molar refractivity (Wildman–Crippen MR) is 96.4 cm³/mol. The molecule has 140 valence electrons. The van der Waals surface area contributed by atoms with Crippen molar-refractivity contribution < 1.29 is 14.1 Å². The highest BCUT2D eigenvalue weighted by Gasteiger charge is 2.16. The van der Waals surface area contributed by atoms with E-state index in [1.54, 1.807) is 23.2 Å². The van der Waals surface area contributed by atoms with E-state index in [4.69, 9.17) is 9.26 Å². The van der Waals surface area contributed by atoms with E-state index in [9.17, 15) is 4.79 Å². The minimum absolute atomic E-state index is 0.173. The van der Waals surface area contributed by atoms with Crippen molar-refractivity contribution in [2.24, 2.45) is 0 Å². The van der Waals surface area contributed by atoms with Gasteiger partial charge in [0, 0.05) is 44.9 Å². The molecule has 0 spiro atoms. The fraction of sp³-hybridized carbons (Fsp3) is 0.556. The Morgan fingerprint density at radius 1 is 1.35 bits per heavy atom. The lowest BCUT2D eigenvalue weighted by atomic mass is 9.98. The van der Waals surface area contributed by atoms with E-state index in [0.717, 1.165) is 12.8 Å². The zero-order valence-electron chi connectivity index (χ0n) is 15.3. The molecular formula is C18H25N5O3. The predicted octanol–water partition coefficient (Wildman–Crippen LogP) is 2.21. The standard InChI is InChI=1S/C18H25N5O3/c1-23(2)18-21-15(26-22-18)9-11-20-17(24)13-8-10-19-16(12-13)25-14-6-4-3-5-7-14/h8,10,12,14H,3-7,9,11H2,1-2H3,(H,20,24). The van der Waals surface area contributed by atoms with Crippen molar-refractivity contribution in [3.63, 3.8) is 0 Å². The Morgan fingerprint density at radius 2 is 2.15 bits per heavy atom. The zero-order chi connectivity index (χ0) is 18.4. The number of anilines is 1. The van der Waals surface area contributed by atoms with Gasteiger partial charge in [0.2, 0.25) is 11.8 Å². The second-order valence-corrected chi connectivity index (χ2v) is 6.65. The molecule has 1 aliphatic rings. The van der Waals surface area contributed by atoms with E-state index in [1.165, 1.54) is 19.3 Å². The van der Waals surface area contributed by atoms with Gasteiger partial charge in [-0.05, 0) is 36.9 Å². The van der Waals surface area contributed by atoms with Gasteiger partial charge < -0.3 is 19.5 Å². The molecule has 1 aliphatic carbocycles. The number of aromatic nitrogens is 3. The zero-order valence-corrected chi connectivity index (χ0v) is 15.3. The molecule has 0 aromatic carbocycles. The molecule has 1 saturated carbocycles. The maximum absolute atomic E-state index is 12.3. The Balaban J connectivity index is 1.50. The number of nitrogens with zero attached hydrogens (tertiary/aromatic N) is 4. The Labute approximate surface area is 152 Å². The fourth-order valence-corrected chi connectivity index (χ4v) is 2.88. The Morgan fingerprint density at radius 3 is 2.88 bits per heavy atom. The third-order valence-corrected chi connectivity index (χ3v) is 4.32. The van der Waals surface area contributed by atoms with Crippen molar-refractivity contribution in [1.29, 1.82) is 0 Å². The highest BCUT2D eigenvalue weighted by atomic mass is 16.5. The number of ether oxygens (including phenoxy) is 1. The van der Waals surface area contributed by atoms with Gasteiger partial charge in [-0.15, -0.1) is 0 Å². The van der Waals surface area contributed by atoms with Gasteiger partial charge >= 0.3 is 0 Å². The Kier molecular flexibility index (Phi) is 6.04. The second-order valence-electron chi connectivity index (χ2n) is 6.65. The monoisotopic (exact) mass is 359 g/mol. The van der Waals surface area contributed by atoms with Gasteiger partial charge in [0.15, 0.2) is 0 Å². The molecule has 2 heterocycles. The van der Waals surface area contributed by atoms with E-state index in [-0.39, 0.29) is 12.0 Å². The third kappa shape index (κ3) is 4.93. The SMILES string of the molecule is CN(C)c1noc(CCNC(=O)c2ccnc(OC3CCCCC3)c2)n1. The van der Waals surface area contributed by atoms with Crippen LogP contribution in [0.2, 0.25) is 0 Å². The van der Waals surface area contributed by atoms with Gasteiger partial charge in [-0.25, -0.2) is 4.98 Å². The number of nitrogens with one attached hydrogen (secondary N) is 1. The van der Waals surface area contributed by atoms with Crippen LogP contribution in [0.1, 0.15) is 48.4 Å². The molecular weight excluding hydrogens is 334 g/mol. The maximum atomic E-state index is 12.3. The van der Waals surface area contributed by atoms with Crippen LogP contribution in [0, 0.1) is 0 Å². The molecule has 2 aromatic heterocycles. The summed E-state index contributed by atoms with van der Waals surface area (Å²) in [5.74, 6) is 1.35. The number of rotatable bonds is 7. The summed E-state index contributed by atoms with van der Waals surface area (Å²) in [6.07, 6.45) is 8.04. The lowest BCUT2D eigenvalue weighted by Gasteiger charge is -2.22. The summed E-state index contributed by atoms with van der Waals surface area (Å²) in [4.78, 5) is 22.5. The van der Waals surface area contributed by atoms with Crippen LogP contribution in [0.25, 0.3) is 0 Å². The molecule has 0 bridgehead atoms. The fourth-order valence-electron chi connectivity index (χ4n) is 2.88. The maximum Gasteiger partial charge on any atom is 0.265 e. The van der Waals surface area contributed by atoms with E-state index in [2.05, 4.69) is 20.4 Å². The van der Waals surface area contributed by atoms with Gasteiger partial charge in [-0.3, -0.25) is 4.79 Å². The summed E-state index contributed by atoms with van der Waals surface area (Å²) in [5.41, 5.74) is 0.533. The molecule has 8 nitrogen and oxygen atoms in total. The van der Waals surface area contributed by atoms with E-state index in [0.29, 0.717) is 36.2 Å². The Bertz CT molecular complexity index is 725. The van der Waals surface area contributed by atoms with Crippen LogP contribution in [-0.2, 0) is 6.42 Å². The van der Waals surface area contributed by atoms with Crippen molar-refractivity contribution in [2.75, 3.05) is 25.5 Å². The first-order valence-corrected chi connectivity index (χ1v) is 9.02. The van der Waals surface area contributed by atoms with Gasteiger partial charge in [0.1, 0.15) is 6.10 Å². The molecule has 0 radical (unpaired) electrons. The number of pyridine rings is 1. The molecule has 0 unspecified atom stereocenters. The lowest BCUT2D eigenvalue weighted by molar-refractivity contribution is 0.0951. The van der Waals surface area contributed by atoms with Gasteiger partial charge in [0.05, 0.1) is 0 Å². The molecule has 3 rings (SSSR count). The summed E-state index contributed by atoms with van der Waals surface area (Å²) in [5, 5.41) is 6.69. The number of carbonyl (C=O) groups excluding carboxylic acids is 1. The molecule has 26 heavy (non-hydrogen) atoms. The summed E-state index contributed by atoms with van der Waals surface area (Å²) >= 11 is 0. The number of amides is 1. The largest absolute Gasteiger partial charge is 0.474 e. The molecule has 2 aromatic rings. The van der Waals surface area contributed by atoms with Crippen LogP contribution < -0.4 is 15.0 Å². The van der Waals surface area contributed by atoms with Gasteiger partial charge in [0.25, 0.3) is 11.9 Å². The summed E-state index contributed by atoms with van der Waals surface area (Å²) in [6.45, 7) is 0.412. The van der Waals surface area contributed by atoms with Crippen LogP contribution in [0.15, 0.2) is 22.9 Å². The minimum atomic E-state index is -0.173. The average molecular weight is 359 g/mol. The number of hydrogen-bond acceptors (Lipinski definition) is 7. The first kappa shape index (κ1) is 18.2. The number of carbonyl (C=O) groups is 1. The summed E-state index contributed by atoms with van der Waals surface area (Å²) < 4.78 is 11.0. The van der Waals surface area contributed by atoms with Crippen LogP contribution in [0.4, 0.5) is 5.95 Å². The molecule has 1 amide bonds. The van der Waals surface area contributed by atoms with E-state index < -0.39 is 0 Å². The number of hydrogen-bond donors (Lipinski definition) is 1. The van der Waals surface area contributed by atoms with Crippen molar-refractivity contribution >= 4 is 11.9 Å². The van der Waals surface area contributed by atoms with Gasteiger partial charge in [-0.1, -0.05) is 6.42 Å².